The quantitative estimate of drug-likeness (QED) is 0.864. The lowest BCUT2D eigenvalue weighted by atomic mass is 10.0. The Morgan fingerprint density at radius 3 is 3.11 bits per heavy atom. The minimum Gasteiger partial charge on any atom is -0.350 e. The number of nitrogens with zero attached hydrogens (tertiary/aromatic N) is 4. The van der Waals surface area contributed by atoms with Gasteiger partial charge in [-0.2, -0.15) is 5.10 Å². The molecule has 5 heteroatoms. The van der Waals surface area contributed by atoms with Gasteiger partial charge in [-0.25, -0.2) is 9.50 Å². The summed E-state index contributed by atoms with van der Waals surface area (Å²) in [7, 11) is 0. The van der Waals surface area contributed by atoms with Gasteiger partial charge in [0.15, 0.2) is 5.82 Å². The largest absolute Gasteiger partial charge is 0.350 e. The highest BCUT2D eigenvalue weighted by Gasteiger charge is 2.31. The predicted molar refractivity (Wildman–Crippen MR) is 71.7 cm³/mol. The van der Waals surface area contributed by atoms with Crippen molar-refractivity contribution in [2.75, 3.05) is 18.0 Å². The molecule has 0 radical (unpaired) electrons. The Bertz CT molecular complexity index is 562. The molecule has 0 amide bonds. The van der Waals surface area contributed by atoms with E-state index in [4.69, 9.17) is 5.73 Å². The average molecular weight is 245 g/mol. The fourth-order valence-electron chi connectivity index (χ4n) is 2.88. The monoisotopic (exact) mass is 245 g/mol. The minimum atomic E-state index is 0.388. The van der Waals surface area contributed by atoms with Crippen LogP contribution in [0.3, 0.4) is 0 Å². The fraction of sp³-hybridized carbons (Fsp3) is 0.538. The van der Waals surface area contributed by atoms with Gasteiger partial charge in [0.25, 0.3) is 0 Å². The summed E-state index contributed by atoms with van der Waals surface area (Å²) in [6.07, 6.45) is 4.88. The zero-order valence-corrected chi connectivity index (χ0v) is 10.9. The van der Waals surface area contributed by atoms with Crippen molar-refractivity contribution in [2.45, 2.75) is 26.3 Å². The van der Waals surface area contributed by atoms with E-state index in [0.717, 1.165) is 23.6 Å². The zero-order chi connectivity index (χ0) is 12.7. The molecule has 2 aromatic heterocycles. The summed E-state index contributed by atoms with van der Waals surface area (Å²) in [5, 5.41) is 4.43. The molecule has 0 saturated carbocycles. The van der Waals surface area contributed by atoms with E-state index in [1.54, 1.807) is 0 Å². The predicted octanol–water partition coefficient (Wildman–Crippen LogP) is 1.21. The highest BCUT2D eigenvalue weighted by atomic mass is 15.3. The van der Waals surface area contributed by atoms with Crippen LogP contribution in [0, 0.1) is 12.8 Å². The number of nitrogens with two attached hydrogens (primary N) is 1. The van der Waals surface area contributed by atoms with E-state index in [1.165, 1.54) is 6.42 Å². The first kappa shape index (κ1) is 11.5. The van der Waals surface area contributed by atoms with Gasteiger partial charge in [0, 0.05) is 31.5 Å². The second-order valence-electron chi connectivity index (χ2n) is 5.13. The van der Waals surface area contributed by atoms with E-state index >= 15 is 0 Å². The average Bonchev–Trinajstić information content (AvgIpc) is 2.90. The van der Waals surface area contributed by atoms with E-state index in [2.05, 4.69) is 28.0 Å². The normalized spacial score (nSPS) is 24.1. The Morgan fingerprint density at radius 2 is 2.33 bits per heavy atom. The molecule has 2 atom stereocenters. The minimum absolute atomic E-state index is 0.388. The van der Waals surface area contributed by atoms with Crippen molar-refractivity contribution < 1.29 is 0 Å². The molecule has 1 aliphatic heterocycles. The molecule has 3 heterocycles. The first-order valence-electron chi connectivity index (χ1n) is 6.48. The Morgan fingerprint density at radius 1 is 1.50 bits per heavy atom. The topological polar surface area (TPSA) is 59.5 Å². The van der Waals surface area contributed by atoms with Crippen LogP contribution >= 0.6 is 0 Å². The van der Waals surface area contributed by atoms with Crippen LogP contribution in [0.15, 0.2) is 18.5 Å². The first-order chi connectivity index (χ1) is 8.70. The molecule has 0 bridgehead atoms. The molecular weight excluding hydrogens is 226 g/mol. The smallest absolute Gasteiger partial charge is 0.154 e. The van der Waals surface area contributed by atoms with Gasteiger partial charge in [-0.1, -0.05) is 6.92 Å². The van der Waals surface area contributed by atoms with Crippen molar-refractivity contribution in [1.82, 2.24) is 14.6 Å². The van der Waals surface area contributed by atoms with Gasteiger partial charge in [-0.05, 0) is 25.3 Å². The maximum absolute atomic E-state index is 5.91. The van der Waals surface area contributed by atoms with E-state index in [-0.39, 0.29) is 0 Å². The Balaban J connectivity index is 2.08. The molecule has 0 aliphatic carbocycles. The zero-order valence-electron chi connectivity index (χ0n) is 10.9. The van der Waals surface area contributed by atoms with Gasteiger partial charge in [0.05, 0.1) is 5.69 Å². The van der Waals surface area contributed by atoms with E-state index in [9.17, 15) is 0 Å². The Hall–Kier alpha value is -1.62. The number of anilines is 1. The lowest BCUT2D eigenvalue weighted by Crippen LogP contribution is -2.39. The molecule has 1 fully saturated rings. The molecule has 2 unspecified atom stereocenters. The van der Waals surface area contributed by atoms with Crippen molar-refractivity contribution in [3.63, 3.8) is 0 Å². The molecule has 1 aliphatic rings. The third kappa shape index (κ3) is 1.66. The van der Waals surface area contributed by atoms with E-state index in [1.807, 2.05) is 23.8 Å². The number of hydrogen-bond donors (Lipinski definition) is 1. The van der Waals surface area contributed by atoms with Gasteiger partial charge < -0.3 is 10.6 Å². The summed E-state index contributed by atoms with van der Waals surface area (Å²) in [5.74, 6) is 1.64. The molecule has 2 N–H and O–H groups in total. The number of rotatable bonds is 2. The van der Waals surface area contributed by atoms with Crippen LogP contribution in [-0.4, -0.2) is 33.7 Å². The van der Waals surface area contributed by atoms with Gasteiger partial charge in [0.1, 0.15) is 5.52 Å². The standard InChI is InChI=1S/C13H19N5/c1-9-3-5-17(12(9)8-14)13-11-7-10(2)16-18(11)6-4-15-13/h4,6-7,9,12H,3,5,8,14H2,1-2H3. The summed E-state index contributed by atoms with van der Waals surface area (Å²) in [6, 6.07) is 2.47. The van der Waals surface area contributed by atoms with Crippen molar-refractivity contribution in [3.05, 3.63) is 24.2 Å². The number of aryl methyl sites for hydroxylation is 1. The lowest BCUT2D eigenvalue weighted by Gasteiger charge is -2.27. The van der Waals surface area contributed by atoms with Crippen LogP contribution in [0.25, 0.3) is 5.52 Å². The van der Waals surface area contributed by atoms with Crippen molar-refractivity contribution in [3.8, 4) is 0 Å². The molecule has 96 valence electrons. The number of fused-ring (bicyclic) bond motifs is 1. The van der Waals surface area contributed by atoms with Gasteiger partial charge in [-0.15, -0.1) is 0 Å². The lowest BCUT2D eigenvalue weighted by molar-refractivity contribution is 0.517. The van der Waals surface area contributed by atoms with Gasteiger partial charge in [0.2, 0.25) is 0 Å². The van der Waals surface area contributed by atoms with Crippen LogP contribution in [0.1, 0.15) is 19.0 Å². The molecular formula is C13H19N5. The maximum Gasteiger partial charge on any atom is 0.154 e. The number of aromatic nitrogens is 3. The molecule has 5 nitrogen and oxygen atoms in total. The van der Waals surface area contributed by atoms with Crippen molar-refractivity contribution >= 4 is 11.3 Å². The maximum atomic E-state index is 5.91. The van der Waals surface area contributed by atoms with Crippen LogP contribution in [0.4, 0.5) is 5.82 Å². The SMILES string of the molecule is Cc1cc2c(N3CCC(C)C3CN)nccn2n1. The van der Waals surface area contributed by atoms with E-state index in [0.29, 0.717) is 18.5 Å². The van der Waals surface area contributed by atoms with Crippen LogP contribution in [-0.2, 0) is 0 Å². The van der Waals surface area contributed by atoms with Crippen molar-refractivity contribution in [1.29, 1.82) is 0 Å². The summed E-state index contributed by atoms with van der Waals surface area (Å²) >= 11 is 0. The van der Waals surface area contributed by atoms with Crippen LogP contribution in [0.2, 0.25) is 0 Å². The fourth-order valence-corrected chi connectivity index (χ4v) is 2.88. The molecule has 18 heavy (non-hydrogen) atoms. The van der Waals surface area contributed by atoms with Crippen LogP contribution < -0.4 is 10.6 Å². The van der Waals surface area contributed by atoms with E-state index < -0.39 is 0 Å². The summed E-state index contributed by atoms with van der Waals surface area (Å²) in [6.45, 7) is 5.97. The molecule has 0 aromatic carbocycles. The highest BCUT2D eigenvalue weighted by Crippen LogP contribution is 2.30. The van der Waals surface area contributed by atoms with Gasteiger partial charge in [-0.3, -0.25) is 0 Å². The second-order valence-corrected chi connectivity index (χ2v) is 5.13. The molecule has 0 spiro atoms. The first-order valence-corrected chi connectivity index (χ1v) is 6.48. The third-order valence-electron chi connectivity index (χ3n) is 3.89. The molecule has 1 saturated heterocycles. The summed E-state index contributed by atoms with van der Waals surface area (Å²) < 4.78 is 1.90. The Labute approximate surface area is 107 Å². The summed E-state index contributed by atoms with van der Waals surface area (Å²) in [5.41, 5.74) is 8.00. The van der Waals surface area contributed by atoms with Crippen molar-refractivity contribution in [2.24, 2.45) is 11.7 Å². The molecule has 2 aromatic rings. The number of hydrogen-bond acceptors (Lipinski definition) is 4. The summed E-state index contributed by atoms with van der Waals surface area (Å²) in [4.78, 5) is 6.88. The van der Waals surface area contributed by atoms with Gasteiger partial charge >= 0.3 is 0 Å². The van der Waals surface area contributed by atoms with Crippen LogP contribution in [0.5, 0.6) is 0 Å². The Kier molecular flexibility index (Phi) is 2.70. The second kappa shape index (κ2) is 4.24. The third-order valence-corrected chi connectivity index (χ3v) is 3.89. The molecule has 3 rings (SSSR count). The highest BCUT2D eigenvalue weighted by molar-refractivity contribution is 5.69.